The third-order valence-electron chi connectivity index (χ3n) is 2.45. The monoisotopic (exact) mass is 233 g/mol. The molecule has 1 aromatic heterocycles. The van der Waals surface area contributed by atoms with Gasteiger partial charge in [-0.3, -0.25) is 0 Å². The number of nitrogens with two attached hydrogens (primary N) is 3. The summed E-state index contributed by atoms with van der Waals surface area (Å²) >= 11 is 0. The Hall–Kier alpha value is -2.37. The molecule has 0 saturated heterocycles. The number of nitrogen functional groups attached to an aromatic ring is 3. The van der Waals surface area contributed by atoms with Crippen molar-refractivity contribution >= 4 is 17.5 Å². The van der Waals surface area contributed by atoms with Gasteiger partial charge in [0.2, 0.25) is 5.95 Å². The summed E-state index contributed by atoms with van der Waals surface area (Å²) in [6.07, 6.45) is 0. The highest BCUT2D eigenvalue weighted by atomic mass is 19.1. The standard InChI is InChI=1S/C11H12FN5/c1-5-2-3-6(4-7(5)13)9-8(12)10(14)17-11(15)16-9/h2-4H,13H2,1H3,(H4,14,15,16,17). The van der Waals surface area contributed by atoms with Crippen molar-refractivity contribution in [1.29, 1.82) is 0 Å². The van der Waals surface area contributed by atoms with Gasteiger partial charge in [-0.2, -0.15) is 4.98 Å². The molecule has 1 heterocycles. The third-order valence-corrected chi connectivity index (χ3v) is 2.45. The minimum Gasteiger partial charge on any atom is -0.398 e. The van der Waals surface area contributed by atoms with Crippen LogP contribution in [0.25, 0.3) is 11.3 Å². The number of aryl methyl sites for hydroxylation is 1. The van der Waals surface area contributed by atoms with E-state index in [4.69, 9.17) is 17.2 Å². The van der Waals surface area contributed by atoms with Gasteiger partial charge in [0.1, 0.15) is 5.69 Å². The van der Waals surface area contributed by atoms with E-state index in [0.717, 1.165) is 5.56 Å². The molecule has 0 atom stereocenters. The average molecular weight is 233 g/mol. The van der Waals surface area contributed by atoms with Crippen molar-refractivity contribution in [2.75, 3.05) is 17.2 Å². The van der Waals surface area contributed by atoms with Crippen LogP contribution in [0.4, 0.5) is 21.8 Å². The number of halogens is 1. The fourth-order valence-electron chi connectivity index (χ4n) is 1.46. The lowest BCUT2D eigenvalue weighted by atomic mass is 10.1. The van der Waals surface area contributed by atoms with Crippen molar-refractivity contribution in [3.05, 3.63) is 29.6 Å². The van der Waals surface area contributed by atoms with Crippen LogP contribution in [0.1, 0.15) is 5.56 Å². The number of hydrogen-bond acceptors (Lipinski definition) is 5. The maximum atomic E-state index is 13.8. The normalized spacial score (nSPS) is 10.5. The molecule has 0 amide bonds. The Morgan fingerprint density at radius 2 is 1.82 bits per heavy atom. The Kier molecular flexibility index (Phi) is 2.55. The predicted octanol–water partition coefficient (Wildman–Crippen LogP) is 1.34. The van der Waals surface area contributed by atoms with Crippen molar-refractivity contribution in [1.82, 2.24) is 9.97 Å². The molecule has 0 aliphatic heterocycles. The molecule has 6 heteroatoms. The lowest BCUT2D eigenvalue weighted by molar-refractivity contribution is 0.625. The number of anilines is 3. The van der Waals surface area contributed by atoms with Crippen LogP contribution in [0, 0.1) is 12.7 Å². The van der Waals surface area contributed by atoms with Gasteiger partial charge in [-0.25, -0.2) is 9.37 Å². The molecule has 0 fully saturated rings. The number of nitrogens with zero attached hydrogens (tertiary/aromatic N) is 2. The van der Waals surface area contributed by atoms with E-state index >= 15 is 0 Å². The van der Waals surface area contributed by atoms with Gasteiger partial charge in [0.15, 0.2) is 11.6 Å². The molecule has 17 heavy (non-hydrogen) atoms. The highest BCUT2D eigenvalue weighted by Gasteiger charge is 2.13. The highest BCUT2D eigenvalue weighted by Crippen LogP contribution is 2.26. The zero-order chi connectivity index (χ0) is 12.6. The van der Waals surface area contributed by atoms with E-state index in [1.54, 1.807) is 18.2 Å². The minimum absolute atomic E-state index is 0.0571. The smallest absolute Gasteiger partial charge is 0.222 e. The summed E-state index contributed by atoms with van der Waals surface area (Å²) < 4.78 is 13.8. The Labute approximate surface area is 97.5 Å². The Bertz CT molecular complexity index is 582. The van der Waals surface area contributed by atoms with Gasteiger partial charge >= 0.3 is 0 Å². The van der Waals surface area contributed by atoms with Crippen molar-refractivity contribution in [2.24, 2.45) is 0 Å². The first-order valence-corrected chi connectivity index (χ1v) is 4.94. The summed E-state index contributed by atoms with van der Waals surface area (Å²) in [7, 11) is 0. The quantitative estimate of drug-likeness (QED) is 0.645. The molecule has 88 valence electrons. The SMILES string of the molecule is Cc1ccc(-c2nc(N)nc(N)c2F)cc1N. The number of benzene rings is 1. The number of hydrogen-bond donors (Lipinski definition) is 3. The van der Waals surface area contributed by atoms with Crippen molar-refractivity contribution < 1.29 is 4.39 Å². The fraction of sp³-hybridized carbons (Fsp3) is 0.0909. The number of aromatic nitrogens is 2. The second kappa shape index (κ2) is 3.89. The largest absolute Gasteiger partial charge is 0.398 e. The van der Waals surface area contributed by atoms with Crippen LogP contribution < -0.4 is 17.2 Å². The van der Waals surface area contributed by atoms with Crippen LogP contribution in [0.2, 0.25) is 0 Å². The maximum absolute atomic E-state index is 13.8. The Morgan fingerprint density at radius 1 is 1.12 bits per heavy atom. The van der Waals surface area contributed by atoms with Crippen LogP contribution >= 0.6 is 0 Å². The van der Waals surface area contributed by atoms with Gasteiger partial charge in [0.05, 0.1) is 0 Å². The first-order chi connectivity index (χ1) is 7.99. The Balaban J connectivity index is 2.64. The molecular weight excluding hydrogens is 221 g/mol. The molecule has 0 saturated carbocycles. The van der Waals surface area contributed by atoms with Gasteiger partial charge in [0, 0.05) is 11.3 Å². The molecule has 0 aliphatic carbocycles. The zero-order valence-corrected chi connectivity index (χ0v) is 9.24. The third kappa shape index (κ3) is 1.96. The van der Waals surface area contributed by atoms with Gasteiger partial charge in [-0.1, -0.05) is 12.1 Å². The zero-order valence-electron chi connectivity index (χ0n) is 9.24. The molecular formula is C11H12FN5. The Morgan fingerprint density at radius 3 is 2.47 bits per heavy atom. The topological polar surface area (TPSA) is 104 Å². The molecule has 5 nitrogen and oxygen atoms in total. The van der Waals surface area contributed by atoms with Crippen LogP contribution in [0.3, 0.4) is 0 Å². The van der Waals surface area contributed by atoms with Gasteiger partial charge in [0.25, 0.3) is 0 Å². The van der Waals surface area contributed by atoms with Crippen LogP contribution in [-0.2, 0) is 0 Å². The van der Waals surface area contributed by atoms with Crippen LogP contribution in [0.5, 0.6) is 0 Å². The van der Waals surface area contributed by atoms with Gasteiger partial charge < -0.3 is 17.2 Å². The molecule has 0 aliphatic rings. The average Bonchev–Trinajstić information content (AvgIpc) is 2.27. The first kappa shape index (κ1) is 11.1. The van der Waals surface area contributed by atoms with Crippen molar-refractivity contribution in [3.8, 4) is 11.3 Å². The number of rotatable bonds is 1. The van der Waals surface area contributed by atoms with Gasteiger partial charge in [-0.15, -0.1) is 0 Å². The summed E-state index contributed by atoms with van der Waals surface area (Å²) in [5.41, 5.74) is 18.6. The summed E-state index contributed by atoms with van der Waals surface area (Å²) in [4.78, 5) is 7.37. The first-order valence-electron chi connectivity index (χ1n) is 4.94. The van der Waals surface area contributed by atoms with Crippen molar-refractivity contribution in [2.45, 2.75) is 6.92 Å². The molecule has 1 aromatic carbocycles. The van der Waals surface area contributed by atoms with E-state index in [1.807, 2.05) is 6.92 Å². The van der Waals surface area contributed by atoms with Crippen molar-refractivity contribution in [3.63, 3.8) is 0 Å². The van der Waals surface area contributed by atoms with E-state index in [2.05, 4.69) is 9.97 Å². The molecule has 2 aromatic rings. The van der Waals surface area contributed by atoms with E-state index in [1.165, 1.54) is 0 Å². The molecule has 0 unspecified atom stereocenters. The van der Waals surface area contributed by atoms with E-state index in [0.29, 0.717) is 11.3 Å². The summed E-state index contributed by atoms with van der Waals surface area (Å²) in [5.74, 6) is -1.04. The fourth-order valence-corrected chi connectivity index (χ4v) is 1.46. The second-order valence-electron chi connectivity index (χ2n) is 3.70. The highest BCUT2D eigenvalue weighted by molar-refractivity contribution is 5.69. The lowest BCUT2D eigenvalue weighted by Gasteiger charge is -2.07. The molecule has 0 radical (unpaired) electrons. The van der Waals surface area contributed by atoms with E-state index < -0.39 is 5.82 Å². The molecule has 2 rings (SSSR count). The predicted molar refractivity (Wildman–Crippen MR) is 65.4 cm³/mol. The summed E-state index contributed by atoms with van der Waals surface area (Å²) in [6.45, 7) is 1.86. The van der Waals surface area contributed by atoms with E-state index in [9.17, 15) is 4.39 Å². The molecule has 0 bridgehead atoms. The van der Waals surface area contributed by atoms with Gasteiger partial charge in [-0.05, 0) is 18.6 Å². The van der Waals surface area contributed by atoms with Crippen LogP contribution in [0.15, 0.2) is 18.2 Å². The summed E-state index contributed by atoms with van der Waals surface area (Å²) in [6, 6.07) is 5.11. The second-order valence-corrected chi connectivity index (χ2v) is 3.70. The molecule has 0 spiro atoms. The lowest BCUT2D eigenvalue weighted by Crippen LogP contribution is -2.05. The summed E-state index contributed by atoms with van der Waals surface area (Å²) in [5, 5.41) is 0. The molecule has 6 N–H and O–H groups in total. The van der Waals surface area contributed by atoms with E-state index in [-0.39, 0.29) is 17.5 Å². The maximum Gasteiger partial charge on any atom is 0.222 e. The van der Waals surface area contributed by atoms with Crippen LogP contribution in [-0.4, -0.2) is 9.97 Å². The minimum atomic E-state index is -0.692.